The second kappa shape index (κ2) is 7.76. The highest BCUT2D eigenvalue weighted by atomic mass is 32.2. The molecule has 5 nitrogen and oxygen atoms in total. The van der Waals surface area contributed by atoms with Crippen molar-refractivity contribution < 1.29 is 13.2 Å². The maximum absolute atomic E-state index is 12.6. The molecule has 3 rings (SSSR count). The van der Waals surface area contributed by atoms with Crippen molar-refractivity contribution in [2.45, 2.75) is 64.7 Å². The van der Waals surface area contributed by atoms with Crippen LogP contribution < -0.4 is 10.0 Å². The normalized spacial score (nSPS) is 28.1. The summed E-state index contributed by atoms with van der Waals surface area (Å²) in [7, 11) is -3.32. The van der Waals surface area contributed by atoms with Gasteiger partial charge in [0, 0.05) is 17.3 Å². The lowest BCUT2D eigenvalue weighted by molar-refractivity contribution is -0.116. The number of nitrogens with one attached hydrogen (secondary N) is 2. The van der Waals surface area contributed by atoms with Crippen molar-refractivity contribution in [1.82, 2.24) is 10.0 Å². The zero-order chi connectivity index (χ0) is 19.8. The molecule has 0 aromatic heterocycles. The molecular weight excluding hydrogens is 360 g/mol. The molecule has 3 atom stereocenters. The van der Waals surface area contributed by atoms with Gasteiger partial charge in [-0.1, -0.05) is 30.7 Å². The number of fused-ring (bicyclic) bond motifs is 1. The van der Waals surface area contributed by atoms with Crippen molar-refractivity contribution in [3.63, 3.8) is 0 Å². The van der Waals surface area contributed by atoms with Crippen molar-refractivity contribution >= 4 is 15.9 Å². The molecule has 1 fully saturated rings. The molecular formula is C21H30N2O3S. The largest absolute Gasteiger partial charge is 0.326 e. The van der Waals surface area contributed by atoms with Gasteiger partial charge in [-0.15, -0.1) is 0 Å². The summed E-state index contributed by atoms with van der Waals surface area (Å²) < 4.78 is 26.6. The molecule has 3 unspecified atom stereocenters. The molecule has 6 heteroatoms. The summed E-state index contributed by atoms with van der Waals surface area (Å²) in [6.07, 6.45) is 11.2. The monoisotopic (exact) mass is 390 g/mol. The molecule has 148 valence electrons. The van der Waals surface area contributed by atoms with Crippen LogP contribution >= 0.6 is 0 Å². The number of rotatable bonds is 5. The Morgan fingerprint density at radius 3 is 2.63 bits per heavy atom. The maximum atomic E-state index is 12.6. The van der Waals surface area contributed by atoms with Crippen LogP contribution in [0.2, 0.25) is 0 Å². The van der Waals surface area contributed by atoms with Crippen LogP contribution in [0.4, 0.5) is 0 Å². The summed E-state index contributed by atoms with van der Waals surface area (Å²) in [5.41, 5.74) is 4.42. The molecule has 0 aromatic rings. The van der Waals surface area contributed by atoms with Crippen LogP contribution in [0.3, 0.4) is 0 Å². The van der Waals surface area contributed by atoms with Crippen LogP contribution in [-0.4, -0.2) is 25.6 Å². The zero-order valence-electron chi connectivity index (χ0n) is 16.6. The van der Waals surface area contributed by atoms with Crippen LogP contribution in [0.1, 0.15) is 53.4 Å². The quantitative estimate of drug-likeness (QED) is 0.756. The molecule has 27 heavy (non-hydrogen) atoms. The van der Waals surface area contributed by atoms with Crippen LogP contribution in [0.25, 0.3) is 0 Å². The smallest absolute Gasteiger partial charge is 0.255 e. The first-order valence-electron chi connectivity index (χ1n) is 9.79. The van der Waals surface area contributed by atoms with Crippen LogP contribution in [0.15, 0.2) is 46.7 Å². The van der Waals surface area contributed by atoms with Crippen molar-refractivity contribution in [1.29, 1.82) is 0 Å². The lowest BCUT2D eigenvalue weighted by Crippen LogP contribution is -2.38. The third-order valence-corrected chi connectivity index (χ3v) is 7.68. The van der Waals surface area contributed by atoms with Crippen molar-refractivity contribution in [3.05, 3.63) is 46.7 Å². The summed E-state index contributed by atoms with van der Waals surface area (Å²) in [5.74, 6) is 1.09. The van der Waals surface area contributed by atoms with E-state index in [9.17, 15) is 13.2 Å². The highest BCUT2D eigenvalue weighted by Crippen LogP contribution is 2.44. The minimum Gasteiger partial charge on any atom is -0.326 e. The third-order valence-electron chi connectivity index (χ3n) is 5.80. The summed E-state index contributed by atoms with van der Waals surface area (Å²) in [6.45, 7) is 7.72. The van der Waals surface area contributed by atoms with Gasteiger partial charge in [0.2, 0.25) is 10.0 Å². The molecule has 3 aliphatic rings. The second-order valence-corrected chi connectivity index (χ2v) is 10.5. The Hall–Kier alpha value is -1.66. The SMILES string of the molecule is CC1=C2C(C)CCC2CC(NC(=O)C2=CCC(NS(=O)(=O)C(C)C)C=C2)=C1. The number of allylic oxidation sites excluding steroid dienone is 4. The minimum atomic E-state index is -3.32. The van der Waals surface area contributed by atoms with Gasteiger partial charge in [-0.25, -0.2) is 13.1 Å². The van der Waals surface area contributed by atoms with Crippen LogP contribution in [0.5, 0.6) is 0 Å². The van der Waals surface area contributed by atoms with E-state index < -0.39 is 15.3 Å². The van der Waals surface area contributed by atoms with E-state index in [0.717, 1.165) is 12.1 Å². The maximum Gasteiger partial charge on any atom is 0.255 e. The molecule has 0 aliphatic heterocycles. The van der Waals surface area contributed by atoms with E-state index in [1.807, 2.05) is 0 Å². The number of amides is 1. The van der Waals surface area contributed by atoms with Gasteiger partial charge < -0.3 is 5.32 Å². The Labute approximate surface area is 162 Å². The van der Waals surface area contributed by atoms with Crippen LogP contribution in [-0.2, 0) is 14.8 Å². The Morgan fingerprint density at radius 2 is 2.00 bits per heavy atom. The van der Waals surface area contributed by atoms with E-state index >= 15 is 0 Å². The Balaban J connectivity index is 1.61. The fourth-order valence-electron chi connectivity index (χ4n) is 4.28. The van der Waals surface area contributed by atoms with Gasteiger partial charge in [0.15, 0.2) is 0 Å². The van der Waals surface area contributed by atoms with Crippen LogP contribution in [0, 0.1) is 11.8 Å². The van der Waals surface area contributed by atoms with Gasteiger partial charge in [0.1, 0.15) is 0 Å². The van der Waals surface area contributed by atoms with Gasteiger partial charge in [0.05, 0.1) is 5.25 Å². The molecule has 0 aromatic carbocycles. The van der Waals surface area contributed by atoms with E-state index in [2.05, 4.69) is 30.0 Å². The molecule has 0 saturated heterocycles. The summed E-state index contributed by atoms with van der Waals surface area (Å²) >= 11 is 0. The lowest BCUT2D eigenvalue weighted by Gasteiger charge is -2.25. The average molecular weight is 391 g/mol. The van der Waals surface area contributed by atoms with Gasteiger partial charge in [0.25, 0.3) is 5.91 Å². The average Bonchev–Trinajstić information content (AvgIpc) is 2.96. The number of carbonyl (C=O) groups excluding carboxylic acids is 1. The topological polar surface area (TPSA) is 75.3 Å². The molecule has 3 aliphatic carbocycles. The predicted octanol–water partition coefficient (Wildman–Crippen LogP) is 3.34. The highest BCUT2D eigenvalue weighted by molar-refractivity contribution is 7.90. The highest BCUT2D eigenvalue weighted by Gasteiger charge is 2.32. The van der Waals surface area contributed by atoms with E-state index in [0.29, 0.717) is 23.8 Å². The zero-order valence-corrected chi connectivity index (χ0v) is 17.4. The number of hydrogen-bond donors (Lipinski definition) is 2. The Kier molecular flexibility index (Phi) is 5.77. The van der Waals surface area contributed by atoms with Gasteiger partial charge in [-0.05, 0) is 69.9 Å². The molecule has 0 radical (unpaired) electrons. The Bertz CT molecular complexity index is 847. The molecule has 1 saturated carbocycles. The van der Waals surface area contributed by atoms with Crippen molar-refractivity contribution in [2.75, 3.05) is 0 Å². The number of hydrogen-bond acceptors (Lipinski definition) is 3. The van der Waals surface area contributed by atoms with E-state index in [1.165, 1.54) is 18.4 Å². The van der Waals surface area contributed by atoms with Gasteiger partial charge in [-0.3, -0.25) is 4.79 Å². The van der Waals surface area contributed by atoms with Gasteiger partial charge >= 0.3 is 0 Å². The first-order chi connectivity index (χ1) is 12.7. The first kappa shape index (κ1) is 20.1. The Morgan fingerprint density at radius 1 is 1.26 bits per heavy atom. The molecule has 0 heterocycles. The molecule has 2 N–H and O–H groups in total. The fraction of sp³-hybridized carbons (Fsp3) is 0.571. The third kappa shape index (κ3) is 4.43. The number of sulfonamides is 1. The van der Waals surface area contributed by atoms with Gasteiger partial charge in [-0.2, -0.15) is 0 Å². The van der Waals surface area contributed by atoms with Crippen molar-refractivity contribution in [2.24, 2.45) is 11.8 Å². The van der Waals surface area contributed by atoms with E-state index in [1.54, 1.807) is 37.6 Å². The standard InChI is InChI=1S/C21H30N2O3S/c1-13(2)27(25,26)23-18-9-7-16(8-10-18)21(24)22-19-11-15(4)20-14(3)5-6-17(20)12-19/h7-9,11,13-14,17-18,23H,5-6,10,12H2,1-4H3,(H,22,24). The van der Waals surface area contributed by atoms with E-state index in [4.69, 9.17) is 0 Å². The molecule has 0 spiro atoms. The summed E-state index contributed by atoms with van der Waals surface area (Å²) in [4.78, 5) is 12.6. The minimum absolute atomic E-state index is 0.120. The molecule has 0 bridgehead atoms. The summed E-state index contributed by atoms with van der Waals surface area (Å²) in [5, 5.41) is 2.58. The van der Waals surface area contributed by atoms with Crippen molar-refractivity contribution in [3.8, 4) is 0 Å². The fourth-order valence-corrected chi connectivity index (χ4v) is 5.15. The summed E-state index contributed by atoms with van der Waals surface area (Å²) in [6, 6.07) is -0.296. The number of carbonyl (C=O) groups is 1. The van der Waals surface area contributed by atoms with E-state index in [-0.39, 0.29) is 11.9 Å². The predicted molar refractivity (Wildman–Crippen MR) is 108 cm³/mol. The molecule has 1 amide bonds. The first-order valence-corrected chi connectivity index (χ1v) is 11.3. The lowest BCUT2D eigenvalue weighted by atomic mass is 9.85. The second-order valence-electron chi connectivity index (χ2n) is 8.21.